The summed E-state index contributed by atoms with van der Waals surface area (Å²) >= 11 is 0. The summed E-state index contributed by atoms with van der Waals surface area (Å²) in [5.41, 5.74) is 4.94. The standard InChI is InChI=1S/C27H31N5O2/c1-19-24(5-3-13-28-19)32-17-22(18-32)26(33)29-23-9-7-20(8-10-23)21-11-15-31(16-12-21)27(34)25-6-4-14-30(25)2/h3-10,13-14,21-22H,11-12,15-18H2,1-2H3,(H,29,33). The second-order valence-corrected chi connectivity index (χ2v) is 9.39. The number of likely N-dealkylation sites (tertiary alicyclic amines) is 1. The third-order valence-corrected chi connectivity index (χ3v) is 7.17. The van der Waals surface area contributed by atoms with Crippen LogP contribution in [0.5, 0.6) is 0 Å². The fraction of sp³-hybridized carbons (Fsp3) is 0.370. The molecule has 2 saturated heterocycles. The maximum Gasteiger partial charge on any atom is 0.270 e. The third kappa shape index (κ3) is 4.42. The number of nitrogens with zero attached hydrogens (tertiary/aromatic N) is 4. The monoisotopic (exact) mass is 457 g/mol. The number of nitrogens with one attached hydrogen (secondary N) is 1. The van der Waals surface area contributed by atoms with Gasteiger partial charge in [-0.05, 0) is 67.6 Å². The molecule has 0 atom stereocenters. The maximum absolute atomic E-state index is 12.7. The number of hydrogen-bond acceptors (Lipinski definition) is 4. The van der Waals surface area contributed by atoms with Crippen LogP contribution in [0.4, 0.5) is 11.4 Å². The number of piperidine rings is 1. The molecule has 4 heterocycles. The molecule has 2 amide bonds. The van der Waals surface area contributed by atoms with E-state index < -0.39 is 0 Å². The highest BCUT2D eigenvalue weighted by Gasteiger charge is 2.33. The van der Waals surface area contributed by atoms with E-state index in [-0.39, 0.29) is 17.7 Å². The average molecular weight is 458 g/mol. The van der Waals surface area contributed by atoms with Gasteiger partial charge < -0.3 is 19.7 Å². The predicted octanol–water partition coefficient (Wildman–Crippen LogP) is 3.82. The minimum absolute atomic E-state index is 0.00891. The number of pyridine rings is 1. The predicted molar refractivity (Wildman–Crippen MR) is 133 cm³/mol. The number of anilines is 2. The van der Waals surface area contributed by atoms with E-state index in [2.05, 4.69) is 33.4 Å². The van der Waals surface area contributed by atoms with Gasteiger partial charge >= 0.3 is 0 Å². The smallest absolute Gasteiger partial charge is 0.270 e. The van der Waals surface area contributed by atoms with Crippen molar-refractivity contribution in [3.05, 3.63) is 77.9 Å². The molecule has 176 valence electrons. The van der Waals surface area contributed by atoms with E-state index >= 15 is 0 Å². The molecule has 1 N–H and O–H groups in total. The maximum atomic E-state index is 12.7. The van der Waals surface area contributed by atoms with Crippen molar-refractivity contribution in [3.8, 4) is 0 Å². The zero-order valence-corrected chi connectivity index (χ0v) is 19.8. The van der Waals surface area contributed by atoms with Crippen molar-refractivity contribution in [3.63, 3.8) is 0 Å². The minimum atomic E-state index is -0.00891. The molecular formula is C27H31N5O2. The Balaban J connectivity index is 1.11. The van der Waals surface area contributed by atoms with Gasteiger partial charge in [0, 0.05) is 51.3 Å². The van der Waals surface area contributed by atoms with Gasteiger partial charge in [-0.3, -0.25) is 14.6 Å². The minimum Gasteiger partial charge on any atom is -0.368 e. The summed E-state index contributed by atoms with van der Waals surface area (Å²) in [5.74, 6) is 0.603. The zero-order valence-electron chi connectivity index (χ0n) is 19.8. The van der Waals surface area contributed by atoms with Gasteiger partial charge in [0.25, 0.3) is 5.91 Å². The van der Waals surface area contributed by atoms with E-state index in [0.29, 0.717) is 5.92 Å². The number of aryl methyl sites for hydroxylation is 2. The molecule has 0 unspecified atom stereocenters. The molecule has 2 aromatic heterocycles. The Kier molecular flexibility index (Phi) is 6.09. The van der Waals surface area contributed by atoms with Gasteiger partial charge in [0.15, 0.2) is 0 Å². The number of aromatic nitrogens is 2. The van der Waals surface area contributed by atoms with Crippen LogP contribution < -0.4 is 10.2 Å². The number of hydrogen-bond donors (Lipinski definition) is 1. The second kappa shape index (κ2) is 9.33. The Hall–Kier alpha value is -3.61. The Morgan fingerprint density at radius 2 is 1.74 bits per heavy atom. The highest BCUT2D eigenvalue weighted by atomic mass is 16.2. The molecule has 0 spiro atoms. The van der Waals surface area contributed by atoms with Gasteiger partial charge in [-0.15, -0.1) is 0 Å². The SMILES string of the molecule is Cc1ncccc1N1CC(C(=O)Nc2ccc(C3CCN(C(=O)c4cccn4C)CC3)cc2)C1. The lowest BCUT2D eigenvalue weighted by Gasteiger charge is -2.40. The average Bonchev–Trinajstić information content (AvgIpc) is 3.25. The first-order valence-electron chi connectivity index (χ1n) is 12.0. The molecule has 2 fully saturated rings. The number of carbonyl (C=O) groups is 2. The third-order valence-electron chi connectivity index (χ3n) is 7.17. The van der Waals surface area contributed by atoms with E-state index in [1.165, 1.54) is 5.56 Å². The van der Waals surface area contributed by atoms with E-state index in [9.17, 15) is 9.59 Å². The molecule has 7 heteroatoms. The van der Waals surface area contributed by atoms with Crippen LogP contribution in [0.3, 0.4) is 0 Å². The Labute approximate surface area is 200 Å². The Morgan fingerprint density at radius 1 is 1.00 bits per heavy atom. The molecule has 0 radical (unpaired) electrons. The Morgan fingerprint density at radius 3 is 2.38 bits per heavy atom. The lowest BCUT2D eigenvalue weighted by atomic mass is 9.89. The van der Waals surface area contributed by atoms with E-state index in [1.807, 2.05) is 60.0 Å². The summed E-state index contributed by atoms with van der Waals surface area (Å²) < 4.78 is 1.88. The van der Waals surface area contributed by atoms with Crippen molar-refractivity contribution in [1.29, 1.82) is 0 Å². The van der Waals surface area contributed by atoms with Crippen molar-refractivity contribution in [1.82, 2.24) is 14.5 Å². The van der Waals surface area contributed by atoms with Gasteiger partial charge in [-0.25, -0.2) is 0 Å². The van der Waals surface area contributed by atoms with Crippen LogP contribution in [-0.2, 0) is 11.8 Å². The van der Waals surface area contributed by atoms with Crippen LogP contribution in [0.1, 0.15) is 40.5 Å². The largest absolute Gasteiger partial charge is 0.368 e. The summed E-state index contributed by atoms with van der Waals surface area (Å²) in [7, 11) is 1.91. The summed E-state index contributed by atoms with van der Waals surface area (Å²) in [5, 5.41) is 3.07. The second-order valence-electron chi connectivity index (χ2n) is 9.39. The van der Waals surface area contributed by atoms with Crippen molar-refractivity contribution >= 4 is 23.2 Å². The van der Waals surface area contributed by atoms with Crippen LogP contribution >= 0.6 is 0 Å². The van der Waals surface area contributed by atoms with Crippen LogP contribution in [0.2, 0.25) is 0 Å². The number of amides is 2. The van der Waals surface area contributed by atoms with Gasteiger partial charge in [0.1, 0.15) is 5.69 Å². The lowest BCUT2D eigenvalue weighted by molar-refractivity contribution is -0.120. The molecule has 2 aliphatic rings. The molecule has 34 heavy (non-hydrogen) atoms. The van der Waals surface area contributed by atoms with Gasteiger partial charge in [0.05, 0.1) is 17.3 Å². The van der Waals surface area contributed by atoms with Crippen molar-refractivity contribution in [2.24, 2.45) is 13.0 Å². The number of benzene rings is 1. The van der Waals surface area contributed by atoms with Gasteiger partial charge in [-0.2, -0.15) is 0 Å². The topological polar surface area (TPSA) is 70.5 Å². The van der Waals surface area contributed by atoms with Crippen LogP contribution in [0.15, 0.2) is 60.9 Å². The first kappa shape index (κ1) is 22.2. The molecule has 5 rings (SSSR count). The fourth-order valence-corrected chi connectivity index (χ4v) is 5.00. The first-order valence-corrected chi connectivity index (χ1v) is 12.0. The van der Waals surface area contributed by atoms with Crippen LogP contribution in [0.25, 0.3) is 0 Å². The van der Waals surface area contributed by atoms with E-state index in [4.69, 9.17) is 0 Å². The lowest BCUT2D eigenvalue weighted by Crippen LogP contribution is -2.52. The van der Waals surface area contributed by atoms with Crippen molar-refractivity contribution in [2.75, 3.05) is 36.4 Å². The van der Waals surface area contributed by atoms with Crippen molar-refractivity contribution in [2.45, 2.75) is 25.7 Å². The summed E-state index contributed by atoms with van der Waals surface area (Å²) in [6, 6.07) is 16.0. The number of rotatable bonds is 5. The van der Waals surface area contributed by atoms with Crippen molar-refractivity contribution < 1.29 is 9.59 Å². The van der Waals surface area contributed by atoms with E-state index in [1.54, 1.807) is 6.20 Å². The molecule has 0 aliphatic carbocycles. The number of carbonyl (C=O) groups excluding carboxylic acids is 2. The van der Waals surface area contributed by atoms with Gasteiger partial charge in [0.2, 0.25) is 5.91 Å². The van der Waals surface area contributed by atoms with E-state index in [0.717, 1.165) is 61.8 Å². The molecule has 1 aromatic carbocycles. The molecule has 2 aliphatic heterocycles. The first-order chi connectivity index (χ1) is 16.5. The Bertz CT molecular complexity index is 1170. The van der Waals surface area contributed by atoms with Crippen LogP contribution in [-0.4, -0.2) is 52.4 Å². The normalized spacial score (nSPS) is 16.9. The molecule has 0 bridgehead atoms. The summed E-state index contributed by atoms with van der Waals surface area (Å²) in [6.07, 6.45) is 5.60. The summed E-state index contributed by atoms with van der Waals surface area (Å²) in [4.78, 5) is 33.9. The molecule has 0 saturated carbocycles. The fourth-order valence-electron chi connectivity index (χ4n) is 5.00. The zero-order chi connectivity index (χ0) is 23.7. The molecule has 3 aromatic rings. The molecule has 7 nitrogen and oxygen atoms in total. The van der Waals surface area contributed by atoms with Crippen LogP contribution in [0, 0.1) is 12.8 Å². The molecular weight excluding hydrogens is 426 g/mol. The quantitative estimate of drug-likeness (QED) is 0.632. The summed E-state index contributed by atoms with van der Waals surface area (Å²) in [6.45, 7) is 4.96. The highest BCUT2D eigenvalue weighted by molar-refractivity contribution is 5.94. The van der Waals surface area contributed by atoms with Gasteiger partial charge in [-0.1, -0.05) is 12.1 Å². The highest BCUT2D eigenvalue weighted by Crippen LogP contribution is 2.30.